The molecule has 6 heteroatoms. The van der Waals surface area contributed by atoms with Gasteiger partial charge in [0.25, 0.3) is 5.91 Å². The van der Waals surface area contributed by atoms with E-state index in [9.17, 15) is 9.59 Å². The van der Waals surface area contributed by atoms with Gasteiger partial charge in [-0.05, 0) is 31.0 Å². The molecule has 1 aliphatic rings. The van der Waals surface area contributed by atoms with E-state index in [1.165, 1.54) is 0 Å². The summed E-state index contributed by atoms with van der Waals surface area (Å²) in [6.07, 6.45) is 2.91. The third-order valence-corrected chi connectivity index (χ3v) is 4.40. The number of halogens is 1. The molecule has 0 aliphatic heterocycles. The van der Waals surface area contributed by atoms with E-state index in [2.05, 4.69) is 10.3 Å². The Morgan fingerprint density at radius 1 is 1.18 bits per heavy atom. The zero-order chi connectivity index (χ0) is 15.7. The van der Waals surface area contributed by atoms with Crippen molar-refractivity contribution in [1.29, 1.82) is 0 Å². The van der Waals surface area contributed by atoms with Gasteiger partial charge in [-0.3, -0.25) is 9.59 Å². The predicted molar refractivity (Wildman–Crippen MR) is 84.6 cm³/mol. The monoisotopic (exact) mass is 317 g/mol. The minimum Gasteiger partial charge on any atom is -0.368 e. The van der Waals surface area contributed by atoms with Gasteiger partial charge in [0.05, 0.1) is 5.52 Å². The highest BCUT2D eigenvalue weighted by atomic mass is 35.5. The summed E-state index contributed by atoms with van der Waals surface area (Å²) in [7, 11) is 0. The molecule has 1 saturated carbocycles. The average Bonchev–Trinajstić information content (AvgIpc) is 2.96. The number of carbonyl (C=O) groups excluding carboxylic acids is 2. The molecule has 3 rings (SSSR count). The number of benzene rings is 1. The van der Waals surface area contributed by atoms with E-state index in [0.717, 1.165) is 18.2 Å². The Morgan fingerprint density at radius 2 is 1.86 bits per heavy atom. The van der Waals surface area contributed by atoms with Crippen LogP contribution in [0.4, 0.5) is 0 Å². The van der Waals surface area contributed by atoms with Gasteiger partial charge in [0, 0.05) is 10.4 Å². The fourth-order valence-electron chi connectivity index (χ4n) is 2.91. The number of nitrogens with two attached hydrogens (primary N) is 1. The van der Waals surface area contributed by atoms with Gasteiger partial charge in [-0.2, -0.15) is 0 Å². The molecule has 2 aromatic rings. The van der Waals surface area contributed by atoms with Gasteiger partial charge in [0.2, 0.25) is 5.91 Å². The van der Waals surface area contributed by atoms with Crippen LogP contribution in [-0.2, 0) is 4.79 Å². The van der Waals surface area contributed by atoms with Crippen molar-refractivity contribution >= 4 is 34.3 Å². The van der Waals surface area contributed by atoms with Gasteiger partial charge in [0.1, 0.15) is 11.2 Å². The zero-order valence-corrected chi connectivity index (χ0v) is 12.7. The lowest BCUT2D eigenvalue weighted by molar-refractivity contribution is -0.123. The number of hydrogen-bond donors (Lipinski definition) is 2. The van der Waals surface area contributed by atoms with E-state index in [1.54, 1.807) is 24.3 Å². The van der Waals surface area contributed by atoms with Gasteiger partial charge >= 0.3 is 0 Å². The lowest BCUT2D eigenvalue weighted by Gasteiger charge is -2.26. The van der Waals surface area contributed by atoms with Crippen molar-refractivity contribution in [2.24, 2.45) is 5.73 Å². The largest absolute Gasteiger partial charge is 0.368 e. The molecule has 114 valence electrons. The van der Waals surface area contributed by atoms with Crippen LogP contribution in [0, 0.1) is 0 Å². The Balaban J connectivity index is 1.90. The second kappa shape index (κ2) is 5.57. The molecule has 2 amide bonds. The van der Waals surface area contributed by atoms with Crippen molar-refractivity contribution < 1.29 is 9.59 Å². The summed E-state index contributed by atoms with van der Waals surface area (Å²) in [6, 6.07) is 8.75. The topological polar surface area (TPSA) is 85.1 Å². The van der Waals surface area contributed by atoms with Gasteiger partial charge in [0.15, 0.2) is 0 Å². The average molecular weight is 318 g/mol. The normalized spacial score (nSPS) is 16.6. The van der Waals surface area contributed by atoms with Crippen LogP contribution < -0.4 is 11.1 Å². The first kappa shape index (κ1) is 14.8. The van der Waals surface area contributed by atoms with Crippen LogP contribution in [-0.4, -0.2) is 22.3 Å². The van der Waals surface area contributed by atoms with Crippen molar-refractivity contribution in [3.63, 3.8) is 0 Å². The highest BCUT2D eigenvalue weighted by molar-refractivity contribution is 6.31. The smallest absolute Gasteiger partial charge is 0.270 e. The van der Waals surface area contributed by atoms with E-state index in [0.29, 0.717) is 23.4 Å². The van der Waals surface area contributed by atoms with Gasteiger partial charge < -0.3 is 11.1 Å². The standard InChI is InChI=1S/C16H16ClN3O2/c17-11-5-3-10-4-6-12(19-13(10)9-11)14(21)20-16(15(18)22)7-1-2-8-16/h3-6,9H,1-2,7-8H2,(H2,18,22)(H,20,21). The molecule has 1 fully saturated rings. The summed E-state index contributed by atoms with van der Waals surface area (Å²) in [6.45, 7) is 0. The number of rotatable bonds is 3. The van der Waals surface area contributed by atoms with Crippen LogP contribution >= 0.6 is 11.6 Å². The van der Waals surface area contributed by atoms with E-state index in [-0.39, 0.29) is 11.6 Å². The highest BCUT2D eigenvalue weighted by Crippen LogP contribution is 2.29. The lowest BCUT2D eigenvalue weighted by Crippen LogP contribution is -2.55. The molecule has 0 atom stereocenters. The molecule has 22 heavy (non-hydrogen) atoms. The first-order valence-electron chi connectivity index (χ1n) is 7.19. The van der Waals surface area contributed by atoms with Crippen molar-refractivity contribution in [3.05, 3.63) is 41.0 Å². The molecular weight excluding hydrogens is 302 g/mol. The van der Waals surface area contributed by atoms with E-state index in [4.69, 9.17) is 17.3 Å². The summed E-state index contributed by atoms with van der Waals surface area (Å²) < 4.78 is 0. The molecule has 0 saturated heterocycles. The minimum atomic E-state index is -0.942. The molecule has 1 aromatic carbocycles. The van der Waals surface area contributed by atoms with Crippen molar-refractivity contribution in [1.82, 2.24) is 10.3 Å². The number of amides is 2. The van der Waals surface area contributed by atoms with Crippen molar-refractivity contribution in [2.45, 2.75) is 31.2 Å². The Bertz CT molecular complexity index is 754. The SMILES string of the molecule is NC(=O)C1(NC(=O)c2ccc3ccc(Cl)cc3n2)CCCC1. The minimum absolute atomic E-state index is 0.252. The highest BCUT2D eigenvalue weighted by Gasteiger charge is 2.41. The fourth-order valence-corrected chi connectivity index (χ4v) is 3.08. The maximum atomic E-state index is 12.4. The van der Waals surface area contributed by atoms with Crippen LogP contribution in [0.3, 0.4) is 0 Å². The van der Waals surface area contributed by atoms with E-state index < -0.39 is 11.4 Å². The summed E-state index contributed by atoms with van der Waals surface area (Å²) in [5.74, 6) is -0.871. The number of carbonyl (C=O) groups is 2. The molecule has 0 spiro atoms. The van der Waals surface area contributed by atoms with Gasteiger partial charge in [-0.25, -0.2) is 4.98 Å². The Kier molecular flexibility index (Phi) is 3.74. The molecule has 5 nitrogen and oxygen atoms in total. The number of primary amides is 1. The Morgan fingerprint density at radius 3 is 2.55 bits per heavy atom. The van der Waals surface area contributed by atoms with Gasteiger partial charge in [-0.1, -0.05) is 36.6 Å². The molecule has 1 aliphatic carbocycles. The summed E-state index contributed by atoms with van der Waals surface area (Å²) in [5.41, 5.74) is 5.43. The van der Waals surface area contributed by atoms with Gasteiger partial charge in [-0.15, -0.1) is 0 Å². The third-order valence-electron chi connectivity index (χ3n) is 4.17. The predicted octanol–water partition coefficient (Wildman–Crippen LogP) is 2.42. The van der Waals surface area contributed by atoms with Crippen molar-refractivity contribution in [3.8, 4) is 0 Å². The molecule has 3 N–H and O–H groups in total. The molecule has 0 bridgehead atoms. The number of pyridine rings is 1. The number of hydrogen-bond acceptors (Lipinski definition) is 3. The van der Waals surface area contributed by atoms with E-state index in [1.807, 2.05) is 6.07 Å². The summed E-state index contributed by atoms with van der Waals surface area (Å²) in [4.78, 5) is 28.5. The molecular formula is C16H16ClN3O2. The van der Waals surface area contributed by atoms with Crippen LogP contribution in [0.2, 0.25) is 5.02 Å². The molecule has 0 radical (unpaired) electrons. The first-order chi connectivity index (χ1) is 10.5. The molecule has 0 unspecified atom stereocenters. The number of nitrogens with zero attached hydrogens (tertiary/aromatic N) is 1. The van der Waals surface area contributed by atoms with Crippen LogP contribution in [0.5, 0.6) is 0 Å². The first-order valence-corrected chi connectivity index (χ1v) is 7.57. The lowest BCUT2D eigenvalue weighted by atomic mass is 9.96. The number of fused-ring (bicyclic) bond motifs is 1. The summed E-state index contributed by atoms with van der Waals surface area (Å²) in [5, 5.41) is 4.23. The van der Waals surface area contributed by atoms with Crippen LogP contribution in [0.25, 0.3) is 10.9 Å². The zero-order valence-electron chi connectivity index (χ0n) is 11.9. The third kappa shape index (κ3) is 2.64. The number of nitrogens with one attached hydrogen (secondary N) is 1. The van der Waals surface area contributed by atoms with E-state index >= 15 is 0 Å². The number of aromatic nitrogens is 1. The summed E-state index contributed by atoms with van der Waals surface area (Å²) >= 11 is 5.95. The quantitative estimate of drug-likeness (QED) is 0.911. The van der Waals surface area contributed by atoms with Crippen LogP contribution in [0.1, 0.15) is 36.2 Å². The van der Waals surface area contributed by atoms with Crippen molar-refractivity contribution in [2.75, 3.05) is 0 Å². The maximum Gasteiger partial charge on any atom is 0.270 e. The molecule has 1 aromatic heterocycles. The maximum absolute atomic E-state index is 12.4. The Hall–Kier alpha value is -2.14. The second-order valence-electron chi connectivity index (χ2n) is 5.64. The fraction of sp³-hybridized carbons (Fsp3) is 0.312. The van der Waals surface area contributed by atoms with Crippen LogP contribution in [0.15, 0.2) is 30.3 Å². The second-order valence-corrected chi connectivity index (χ2v) is 6.08. The Labute approximate surface area is 132 Å². The molecule has 1 heterocycles.